The van der Waals surface area contributed by atoms with Crippen molar-refractivity contribution in [1.82, 2.24) is 5.32 Å². The van der Waals surface area contributed by atoms with Crippen molar-refractivity contribution in [3.63, 3.8) is 0 Å². The Morgan fingerprint density at radius 2 is 2.18 bits per heavy atom. The molecule has 1 fully saturated rings. The molecule has 0 aromatic carbocycles. The average molecular weight is 152 g/mol. The molecule has 2 heteroatoms. The summed E-state index contributed by atoms with van der Waals surface area (Å²) in [6, 6.07) is 2.96. The minimum atomic E-state index is 0.715. The van der Waals surface area contributed by atoms with Crippen molar-refractivity contribution in [2.24, 2.45) is 0 Å². The van der Waals surface area contributed by atoms with Crippen molar-refractivity contribution < 1.29 is 0 Å². The Hall–Kier alpha value is -0.550. The van der Waals surface area contributed by atoms with Gasteiger partial charge in [0, 0.05) is 12.5 Å². The lowest BCUT2D eigenvalue weighted by atomic mass is 9.93. The molecule has 0 aliphatic heterocycles. The van der Waals surface area contributed by atoms with E-state index in [9.17, 15) is 0 Å². The number of nitrogens with one attached hydrogen (secondary N) is 1. The van der Waals surface area contributed by atoms with Crippen LogP contribution in [0.3, 0.4) is 0 Å². The van der Waals surface area contributed by atoms with Crippen LogP contribution in [0.15, 0.2) is 0 Å². The highest BCUT2D eigenvalue weighted by molar-refractivity contribution is 4.76. The third kappa shape index (κ3) is 3.38. The predicted molar refractivity (Wildman–Crippen MR) is 45.1 cm³/mol. The molecule has 1 rings (SSSR count). The van der Waals surface area contributed by atoms with E-state index in [0.29, 0.717) is 6.42 Å². The number of hydrogen-bond acceptors (Lipinski definition) is 2. The second kappa shape index (κ2) is 5.15. The van der Waals surface area contributed by atoms with E-state index in [1.165, 1.54) is 19.3 Å². The van der Waals surface area contributed by atoms with E-state index in [2.05, 4.69) is 11.4 Å². The molecule has 1 aliphatic rings. The second-order valence-corrected chi connectivity index (χ2v) is 3.20. The molecule has 1 saturated carbocycles. The van der Waals surface area contributed by atoms with Crippen molar-refractivity contribution in [2.45, 2.75) is 44.6 Å². The van der Waals surface area contributed by atoms with Crippen LogP contribution in [-0.2, 0) is 0 Å². The smallest absolute Gasteiger partial charge is 0.0621 e. The molecule has 2 nitrogen and oxygen atoms in total. The third-order valence-corrected chi connectivity index (χ3v) is 2.25. The number of nitrogens with zero attached hydrogens (tertiary/aromatic N) is 1. The maximum absolute atomic E-state index is 8.26. The fraction of sp³-hybridized carbons (Fsp3) is 0.889. The van der Waals surface area contributed by atoms with Crippen molar-refractivity contribution in [1.29, 1.82) is 5.26 Å². The van der Waals surface area contributed by atoms with Gasteiger partial charge in [-0.05, 0) is 32.2 Å². The average Bonchev–Trinajstić information content (AvgIpc) is 1.93. The Bertz CT molecular complexity index is 133. The first-order valence-electron chi connectivity index (χ1n) is 4.54. The van der Waals surface area contributed by atoms with Gasteiger partial charge in [-0.1, -0.05) is 6.42 Å². The highest BCUT2D eigenvalue weighted by atomic mass is 14.9. The highest BCUT2D eigenvalue weighted by Gasteiger charge is 2.15. The lowest BCUT2D eigenvalue weighted by molar-refractivity contribution is 0.338. The predicted octanol–water partition coefficient (Wildman–Crippen LogP) is 1.82. The van der Waals surface area contributed by atoms with Gasteiger partial charge in [-0.25, -0.2) is 0 Å². The van der Waals surface area contributed by atoms with Crippen molar-refractivity contribution in [3.8, 4) is 6.07 Å². The summed E-state index contributed by atoms with van der Waals surface area (Å²) in [6.07, 6.45) is 7.04. The van der Waals surface area contributed by atoms with E-state index >= 15 is 0 Å². The first kappa shape index (κ1) is 8.55. The number of unbranched alkanes of at least 4 members (excludes halogenated alkanes) is 2. The molecule has 0 aromatic heterocycles. The van der Waals surface area contributed by atoms with Crippen molar-refractivity contribution >= 4 is 0 Å². The zero-order chi connectivity index (χ0) is 7.94. The Morgan fingerprint density at radius 1 is 1.36 bits per heavy atom. The third-order valence-electron chi connectivity index (χ3n) is 2.25. The van der Waals surface area contributed by atoms with Gasteiger partial charge in [0.1, 0.15) is 0 Å². The zero-order valence-electron chi connectivity index (χ0n) is 6.97. The van der Waals surface area contributed by atoms with Crippen molar-refractivity contribution in [2.75, 3.05) is 6.54 Å². The zero-order valence-corrected chi connectivity index (χ0v) is 6.97. The Morgan fingerprint density at radius 3 is 2.73 bits per heavy atom. The van der Waals surface area contributed by atoms with Gasteiger partial charge in [-0.3, -0.25) is 0 Å². The molecule has 1 aliphatic carbocycles. The lowest BCUT2D eigenvalue weighted by Crippen LogP contribution is -2.35. The summed E-state index contributed by atoms with van der Waals surface area (Å²) < 4.78 is 0. The van der Waals surface area contributed by atoms with Gasteiger partial charge in [-0.15, -0.1) is 0 Å². The molecule has 1 N–H and O–H groups in total. The molecule has 0 saturated heterocycles. The van der Waals surface area contributed by atoms with Crippen LogP contribution < -0.4 is 5.32 Å². The van der Waals surface area contributed by atoms with Crippen LogP contribution in [0, 0.1) is 11.3 Å². The maximum atomic E-state index is 8.26. The minimum absolute atomic E-state index is 0.715. The summed E-state index contributed by atoms with van der Waals surface area (Å²) in [4.78, 5) is 0. The van der Waals surface area contributed by atoms with Crippen LogP contribution in [0.25, 0.3) is 0 Å². The summed E-state index contributed by atoms with van der Waals surface area (Å²) in [6.45, 7) is 1.10. The van der Waals surface area contributed by atoms with Gasteiger partial charge in [0.2, 0.25) is 0 Å². The largest absolute Gasteiger partial charge is 0.314 e. The molecular formula is C9H16N2. The Kier molecular flexibility index (Phi) is 4.00. The van der Waals surface area contributed by atoms with Crippen LogP contribution in [0.1, 0.15) is 38.5 Å². The normalized spacial score (nSPS) is 17.4. The molecule has 0 radical (unpaired) electrons. The number of nitriles is 1. The summed E-state index contributed by atoms with van der Waals surface area (Å²) in [5.74, 6) is 0. The van der Waals surface area contributed by atoms with Crippen molar-refractivity contribution in [3.05, 3.63) is 0 Å². The molecular weight excluding hydrogens is 136 g/mol. The maximum Gasteiger partial charge on any atom is 0.0621 e. The Balaban J connectivity index is 1.77. The van der Waals surface area contributed by atoms with Crippen LogP contribution in [-0.4, -0.2) is 12.6 Å². The summed E-state index contributed by atoms with van der Waals surface area (Å²) >= 11 is 0. The first-order chi connectivity index (χ1) is 5.43. The second-order valence-electron chi connectivity index (χ2n) is 3.20. The van der Waals surface area contributed by atoms with E-state index in [1.807, 2.05) is 0 Å². The Labute approximate surface area is 68.6 Å². The van der Waals surface area contributed by atoms with Gasteiger partial charge >= 0.3 is 0 Å². The van der Waals surface area contributed by atoms with E-state index in [0.717, 1.165) is 25.4 Å². The SMILES string of the molecule is N#CCCCCNC1CCC1. The molecule has 0 aromatic rings. The molecule has 11 heavy (non-hydrogen) atoms. The number of rotatable bonds is 5. The minimum Gasteiger partial charge on any atom is -0.314 e. The molecule has 0 amide bonds. The molecule has 0 heterocycles. The van der Waals surface area contributed by atoms with Crippen LogP contribution in [0.4, 0.5) is 0 Å². The van der Waals surface area contributed by atoms with E-state index in [4.69, 9.17) is 5.26 Å². The van der Waals surface area contributed by atoms with Gasteiger partial charge < -0.3 is 5.32 Å². The fourth-order valence-corrected chi connectivity index (χ4v) is 1.25. The molecule has 0 unspecified atom stereocenters. The lowest BCUT2D eigenvalue weighted by Gasteiger charge is -2.26. The molecule has 0 bridgehead atoms. The fourth-order valence-electron chi connectivity index (χ4n) is 1.25. The monoisotopic (exact) mass is 152 g/mol. The molecule has 0 atom stereocenters. The van der Waals surface area contributed by atoms with Crippen LogP contribution in [0.2, 0.25) is 0 Å². The summed E-state index contributed by atoms with van der Waals surface area (Å²) in [7, 11) is 0. The summed E-state index contributed by atoms with van der Waals surface area (Å²) in [5.41, 5.74) is 0. The van der Waals surface area contributed by atoms with Gasteiger partial charge in [0.05, 0.1) is 6.07 Å². The van der Waals surface area contributed by atoms with E-state index < -0.39 is 0 Å². The number of hydrogen-bond donors (Lipinski definition) is 1. The molecule has 62 valence electrons. The van der Waals surface area contributed by atoms with E-state index in [-0.39, 0.29) is 0 Å². The van der Waals surface area contributed by atoms with Gasteiger partial charge in [-0.2, -0.15) is 5.26 Å². The highest BCUT2D eigenvalue weighted by Crippen LogP contribution is 2.17. The van der Waals surface area contributed by atoms with Gasteiger partial charge in [0.25, 0.3) is 0 Å². The quantitative estimate of drug-likeness (QED) is 0.610. The summed E-state index contributed by atoms with van der Waals surface area (Å²) in [5, 5.41) is 11.7. The topological polar surface area (TPSA) is 35.8 Å². The standard InChI is InChI=1S/C9H16N2/c10-7-2-1-3-8-11-9-5-4-6-9/h9,11H,1-6,8H2. The van der Waals surface area contributed by atoms with E-state index in [1.54, 1.807) is 0 Å². The van der Waals surface area contributed by atoms with Gasteiger partial charge in [0.15, 0.2) is 0 Å². The van der Waals surface area contributed by atoms with Crippen LogP contribution >= 0.6 is 0 Å². The molecule has 0 spiro atoms. The van der Waals surface area contributed by atoms with Crippen LogP contribution in [0.5, 0.6) is 0 Å². The first-order valence-corrected chi connectivity index (χ1v) is 4.54.